The maximum atomic E-state index is 12.2. The van der Waals surface area contributed by atoms with Crippen molar-refractivity contribution in [1.29, 1.82) is 0 Å². The number of allylic oxidation sites excluding steroid dienone is 1. The summed E-state index contributed by atoms with van der Waals surface area (Å²) in [5.41, 5.74) is 0.479. The molecule has 1 aromatic carbocycles. The van der Waals surface area contributed by atoms with Crippen LogP contribution < -0.4 is 29.6 Å². The molecule has 2 rings (SSSR count). The van der Waals surface area contributed by atoms with Gasteiger partial charge in [-0.3, -0.25) is 11.6 Å². The summed E-state index contributed by atoms with van der Waals surface area (Å²) in [5, 5.41) is 0. The Labute approximate surface area is 211 Å². The second kappa shape index (κ2) is 14.8. The Morgan fingerprint density at radius 1 is 1.23 bits per heavy atom. The normalized spacial score (nSPS) is 13.9. The number of benzene rings is 1. The van der Waals surface area contributed by atoms with Crippen molar-refractivity contribution in [3.05, 3.63) is 58.1 Å². The van der Waals surface area contributed by atoms with Gasteiger partial charge in [0.25, 0.3) is 0 Å². The molecule has 0 unspecified atom stereocenters. The molecule has 0 aliphatic carbocycles. The first kappa shape index (κ1) is 28.9. The van der Waals surface area contributed by atoms with Crippen LogP contribution in [0.25, 0.3) is 0 Å². The molecule has 0 spiro atoms. The van der Waals surface area contributed by atoms with E-state index in [1.165, 1.54) is 0 Å². The van der Waals surface area contributed by atoms with E-state index in [-0.39, 0.29) is 42.2 Å². The standard InChI is InChI=1S/C17H25NO4.C6H4Br.Na/c1-6-9-14(15(19)21-7-2)13-10-8-11-18(12-13)16(20)22-17(3,4)5;7-6-4-2-1-3-5-6;/h6-8,11-12H2,1-5H3;2-5H;/q-2;-1;+1. The molecule has 1 aliphatic rings. The first-order chi connectivity index (χ1) is 13.7. The minimum atomic E-state index is -0.544. The summed E-state index contributed by atoms with van der Waals surface area (Å²) in [6.45, 7) is 10.3. The number of halogens is 1. The average Bonchev–Trinajstić information content (AvgIpc) is 2.66. The Morgan fingerprint density at radius 2 is 1.87 bits per heavy atom. The molecule has 0 bridgehead atoms. The van der Waals surface area contributed by atoms with Gasteiger partial charge in [0.2, 0.25) is 0 Å². The van der Waals surface area contributed by atoms with Crippen molar-refractivity contribution in [3.8, 4) is 0 Å². The van der Waals surface area contributed by atoms with Gasteiger partial charge in [-0.1, -0.05) is 27.3 Å². The molecule has 30 heavy (non-hydrogen) atoms. The topological polar surface area (TPSA) is 55.8 Å². The zero-order valence-electron chi connectivity index (χ0n) is 18.8. The predicted molar refractivity (Wildman–Crippen MR) is 116 cm³/mol. The molecule has 0 N–H and O–H groups in total. The molecule has 0 saturated carbocycles. The third kappa shape index (κ3) is 11.3. The van der Waals surface area contributed by atoms with Crippen LogP contribution in [-0.2, 0) is 14.3 Å². The first-order valence-electron chi connectivity index (χ1n) is 9.65. The van der Waals surface area contributed by atoms with E-state index in [9.17, 15) is 9.59 Å². The summed E-state index contributed by atoms with van der Waals surface area (Å²) in [7, 11) is 0. The van der Waals surface area contributed by atoms with Gasteiger partial charge in [0.05, 0.1) is 6.61 Å². The number of carbonyl (C=O) groups is 2. The third-order valence-electron chi connectivity index (χ3n) is 3.53. The molecule has 0 atom stereocenters. The summed E-state index contributed by atoms with van der Waals surface area (Å²) in [6.07, 6.45) is 6.93. The third-order valence-corrected chi connectivity index (χ3v) is 4.06. The molecule has 5 nitrogen and oxygen atoms in total. The van der Waals surface area contributed by atoms with Gasteiger partial charge in [-0.2, -0.15) is 30.3 Å². The fraction of sp³-hybridized carbons (Fsp3) is 0.478. The molecular formula is C23H29BrNNaO4-2. The van der Waals surface area contributed by atoms with Crippen LogP contribution in [0.15, 0.2) is 39.9 Å². The van der Waals surface area contributed by atoms with Gasteiger partial charge in [-0.05, 0) is 34.2 Å². The average molecular weight is 486 g/mol. The Hall–Kier alpha value is -1.08. The number of ether oxygens (including phenoxy) is 2. The van der Waals surface area contributed by atoms with Gasteiger partial charge < -0.3 is 30.8 Å². The fourth-order valence-corrected chi connectivity index (χ4v) is 2.63. The molecule has 0 radical (unpaired) electrons. The fourth-order valence-electron chi connectivity index (χ4n) is 2.37. The van der Waals surface area contributed by atoms with Gasteiger partial charge in [-0.25, -0.2) is 4.79 Å². The van der Waals surface area contributed by atoms with Crippen LogP contribution >= 0.6 is 15.9 Å². The number of amides is 1. The van der Waals surface area contributed by atoms with E-state index >= 15 is 0 Å². The van der Waals surface area contributed by atoms with Gasteiger partial charge >= 0.3 is 35.7 Å². The van der Waals surface area contributed by atoms with E-state index in [1.54, 1.807) is 11.8 Å². The van der Waals surface area contributed by atoms with Crippen LogP contribution in [0.1, 0.15) is 47.5 Å². The Kier molecular flexibility index (Phi) is 14.3. The molecule has 1 amide bonds. The molecule has 1 heterocycles. The molecule has 160 valence electrons. The van der Waals surface area contributed by atoms with Crippen molar-refractivity contribution in [2.24, 2.45) is 0 Å². The van der Waals surface area contributed by atoms with Gasteiger partial charge in [0.15, 0.2) is 0 Å². The maximum Gasteiger partial charge on any atom is 1.00 e. The summed E-state index contributed by atoms with van der Waals surface area (Å²) in [4.78, 5) is 25.7. The van der Waals surface area contributed by atoms with E-state index in [1.807, 2.05) is 52.0 Å². The van der Waals surface area contributed by atoms with Gasteiger partial charge in [0, 0.05) is 6.54 Å². The zero-order valence-corrected chi connectivity index (χ0v) is 22.4. The van der Waals surface area contributed by atoms with Crippen LogP contribution in [0, 0.1) is 18.2 Å². The number of carbonyl (C=O) groups excluding carboxylic acids is 2. The molecule has 7 heteroatoms. The van der Waals surface area contributed by atoms with Crippen LogP contribution in [0.3, 0.4) is 0 Å². The molecule has 0 saturated heterocycles. The van der Waals surface area contributed by atoms with Crippen molar-refractivity contribution < 1.29 is 48.6 Å². The second-order valence-corrected chi connectivity index (χ2v) is 8.07. The van der Waals surface area contributed by atoms with E-state index in [4.69, 9.17) is 9.47 Å². The quantitative estimate of drug-likeness (QED) is 0.284. The Balaban J connectivity index is 0.000000886. The summed E-state index contributed by atoms with van der Waals surface area (Å²) < 4.78 is 11.5. The second-order valence-electron chi connectivity index (χ2n) is 7.15. The largest absolute Gasteiger partial charge is 1.00 e. The first-order valence-corrected chi connectivity index (χ1v) is 10.4. The number of rotatable bonds is 4. The summed E-state index contributed by atoms with van der Waals surface area (Å²) >= 11 is 3.29. The van der Waals surface area contributed by atoms with Gasteiger partial charge in [0.1, 0.15) is 11.6 Å². The van der Waals surface area contributed by atoms with Gasteiger partial charge in [-0.15, -0.1) is 12.8 Å². The van der Waals surface area contributed by atoms with E-state index < -0.39 is 11.6 Å². The van der Waals surface area contributed by atoms with Crippen molar-refractivity contribution in [1.82, 2.24) is 4.90 Å². The zero-order chi connectivity index (χ0) is 21.9. The van der Waals surface area contributed by atoms with Crippen LogP contribution in [0.5, 0.6) is 0 Å². The van der Waals surface area contributed by atoms with E-state index in [0.29, 0.717) is 37.1 Å². The predicted octanol–water partition coefficient (Wildman–Crippen LogP) is 2.31. The Bertz CT molecular complexity index is 726. The molecule has 1 aromatic rings. The minimum Gasteiger partial charge on any atom is -0.532 e. The number of hydrogen-bond donors (Lipinski definition) is 0. The minimum absolute atomic E-state index is 0. The Morgan fingerprint density at radius 3 is 2.33 bits per heavy atom. The molecule has 1 aliphatic heterocycles. The van der Waals surface area contributed by atoms with E-state index in [0.717, 1.165) is 4.47 Å². The maximum absolute atomic E-state index is 12.2. The summed E-state index contributed by atoms with van der Waals surface area (Å²) in [6, 6.07) is 10.5. The van der Waals surface area contributed by atoms with Crippen LogP contribution in [0.2, 0.25) is 0 Å². The van der Waals surface area contributed by atoms with Crippen LogP contribution in [0.4, 0.5) is 4.79 Å². The van der Waals surface area contributed by atoms with Crippen molar-refractivity contribution in [3.63, 3.8) is 0 Å². The monoisotopic (exact) mass is 485 g/mol. The number of esters is 1. The van der Waals surface area contributed by atoms with Crippen molar-refractivity contribution in [2.45, 2.75) is 53.1 Å². The number of hydrogen-bond acceptors (Lipinski definition) is 4. The van der Waals surface area contributed by atoms with Crippen LogP contribution in [-0.4, -0.2) is 42.3 Å². The smallest absolute Gasteiger partial charge is 0.532 e. The van der Waals surface area contributed by atoms with Crippen molar-refractivity contribution >= 4 is 28.0 Å². The molecule has 0 aromatic heterocycles. The molecule has 0 fully saturated rings. The van der Waals surface area contributed by atoms with E-state index in [2.05, 4.69) is 34.1 Å². The summed E-state index contributed by atoms with van der Waals surface area (Å²) in [5.74, 6) is -0.419. The molecular weight excluding hydrogens is 457 g/mol. The van der Waals surface area contributed by atoms with Crippen molar-refractivity contribution in [2.75, 3.05) is 19.7 Å². The number of nitrogens with zero attached hydrogens (tertiary/aromatic N) is 1. The SMILES string of the molecule is Brc1cc[c-]cc1.CC[C-]=C(C(=O)OCC)C1=[C-]CCN(C(=O)OC(C)(C)C)C1.[Na+].